The summed E-state index contributed by atoms with van der Waals surface area (Å²) in [4.78, 5) is 23.5. The van der Waals surface area contributed by atoms with Gasteiger partial charge in [-0.3, -0.25) is 4.79 Å². The number of ether oxygens (including phenoxy) is 1. The summed E-state index contributed by atoms with van der Waals surface area (Å²) in [7, 11) is 1.54. The third kappa shape index (κ3) is 4.35. The highest BCUT2D eigenvalue weighted by Gasteiger charge is 2.22. The number of aliphatic carboxylic acids is 1. The molecule has 1 aliphatic carbocycles. The first-order chi connectivity index (χ1) is 10.6. The SMILES string of the molecule is COc1ccc(C(NC(=O)CC2=CCCCC2)C(=O)O)cc1. The quantitative estimate of drug-likeness (QED) is 0.792. The van der Waals surface area contributed by atoms with Crippen molar-refractivity contribution in [2.45, 2.75) is 38.1 Å². The average Bonchev–Trinajstić information content (AvgIpc) is 2.53. The van der Waals surface area contributed by atoms with Gasteiger partial charge in [0.2, 0.25) is 5.91 Å². The average molecular weight is 303 g/mol. The van der Waals surface area contributed by atoms with Crippen LogP contribution in [0.2, 0.25) is 0 Å². The number of amides is 1. The highest BCUT2D eigenvalue weighted by atomic mass is 16.5. The number of methoxy groups -OCH3 is 1. The molecular weight excluding hydrogens is 282 g/mol. The molecule has 1 unspecified atom stereocenters. The third-order valence-electron chi connectivity index (χ3n) is 3.77. The molecule has 5 nitrogen and oxygen atoms in total. The maximum Gasteiger partial charge on any atom is 0.330 e. The molecule has 1 aromatic rings. The highest BCUT2D eigenvalue weighted by molar-refractivity contribution is 5.85. The van der Waals surface area contributed by atoms with E-state index >= 15 is 0 Å². The predicted octanol–water partition coefficient (Wildman–Crippen LogP) is 2.83. The van der Waals surface area contributed by atoms with E-state index in [2.05, 4.69) is 11.4 Å². The van der Waals surface area contributed by atoms with Gasteiger partial charge in [-0.25, -0.2) is 4.79 Å². The highest BCUT2D eigenvalue weighted by Crippen LogP contribution is 2.21. The number of rotatable bonds is 6. The molecule has 0 heterocycles. The van der Waals surface area contributed by atoms with Crippen LogP contribution in [0, 0.1) is 0 Å². The topological polar surface area (TPSA) is 75.6 Å². The Bertz CT molecular complexity index is 563. The fourth-order valence-corrected chi connectivity index (χ4v) is 2.57. The summed E-state index contributed by atoms with van der Waals surface area (Å²) < 4.78 is 5.05. The van der Waals surface area contributed by atoms with Gasteiger partial charge in [0.05, 0.1) is 7.11 Å². The lowest BCUT2D eigenvalue weighted by Gasteiger charge is -2.17. The molecule has 1 atom stereocenters. The van der Waals surface area contributed by atoms with Crippen molar-refractivity contribution in [3.05, 3.63) is 41.5 Å². The van der Waals surface area contributed by atoms with Gasteiger partial charge in [-0.2, -0.15) is 0 Å². The monoisotopic (exact) mass is 303 g/mol. The number of benzene rings is 1. The van der Waals surface area contributed by atoms with Gasteiger partial charge in [-0.15, -0.1) is 0 Å². The lowest BCUT2D eigenvalue weighted by Crippen LogP contribution is -2.33. The summed E-state index contributed by atoms with van der Waals surface area (Å²) >= 11 is 0. The van der Waals surface area contributed by atoms with Gasteiger partial charge in [-0.05, 0) is 43.4 Å². The number of nitrogens with one attached hydrogen (secondary N) is 1. The first kappa shape index (κ1) is 16.1. The predicted molar refractivity (Wildman–Crippen MR) is 82.7 cm³/mol. The standard InChI is InChI=1S/C17H21NO4/c1-22-14-9-7-13(8-10-14)16(17(20)21)18-15(19)11-12-5-3-2-4-6-12/h5,7-10,16H,2-4,6,11H2,1H3,(H,18,19)(H,20,21). The molecule has 0 bridgehead atoms. The molecule has 1 aliphatic rings. The zero-order valence-corrected chi connectivity index (χ0v) is 12.7. The summed E-state index contributed by atoms with van der Waals surface area (Å²) in [5, 5.41) is 11.9. The second-order valence-corrected chi connectivity index (χ2v) is 5.40. The van der Waals surface area contributed by atoms with Gasteiger partial charge in [0, 0.05) is 6.42 Å². The van der Waals surface area contributed by atoms with Crippen LogP contribution in [0.25, 0.3) is 0 Å². The van der Waals surface area contributed by atoms with Crippen LogP contribution in [-0.2, 0) is 9.59 Å². The molecule has 5 heteroatoms. The number of carboxylic acid groups (broad SMARTS) is 1. The molecule has 0 aromatic heterocycles. The summed E-state index contributed by atoms with van der Waals surface area (Å²) in [5.41, 5.74) is 1.63. The molecule has 0 fully saturated rings. The van der Waals surface area contributed by atoms with Gasteiger partial charge in [0.25, 0.3) is 0 Å². The van der Waals surface area contributed by atoms with Crippen molar-refractivity contribution in [2.24, 2.45) is 0 Å². The van der Waals surface area contributed by atoms with Crippen LogP contribution in [-0.4, -0.2) is 24.1 Å². The molecule has 0 radical (unpaired) electrons. The van der Waals surface area contributed by atoms with Crippen molar-refractivity contribution in [1.29, 1.82) is 0 Å². The smallest absolute Gasteiger partial charge is 0.330 e. The van der Waals surface area contributed by atoms with Crippen molar-refractivity contribution < 1.29 is 19.4 Å². The second kappa shape index (κ2) is 7.64. The molecule has 22 heavy (non-hydrogen) atoms. The van der Waals surface area contributed by atoms with E-state index in [4.69, 9.17) is 4.74 Å². The second-order valence-electron chi connectivity index (χ2n) is 5.40. The summed E-state index contributed by atoms with van der Waals surface area (Å²) in [6.45, 7) is 0. The van der Waals surface area contributed by atoms with Crippen LogP contribution in [0.1, 0.15) is 43.7 Å². The number of carbonyl (C=O) groups is 2. The Morgan fingerprint density at radius 1 is 1.27 bits per heavy atom. The third-order valence-corrected chi connectivity index (χ3v) is 3.77. The van der Waals surface area contributed by atoms with Gasteiger partial charge in [0.15, 0.2) is 6.04 Å². The van der Waals surface area contributed by atoms with E-state index in [-0.39, 0.29) is 12.3 Å². The molecule has 0 aliphatic heterocycles. The molecule has 2 rings (SSSR count). The fourth-order valence-electron chi connectivity index (χ4n) is 2.57. The fraction of sp³-hybridized carbons (Fsp3) is 0.412. The van der Waals surface area contributed by atoms with Gasteiger partial charge in [0.1, 0.15) is 5.75 Å². The molecule has 1 amide bonds. The van der Waals surface area contributed by atoms with E-state index in [1.165, 1.54) is 0 Å². The molecule has 2 N–H and O–H groups in total. The Morgan fingerprint density at radius 3 is 2.55 bits per heavy atom. The molecular formula is C17H21NO4. The van der Waals surface area contributed by atoms with E-state index < -0.39 is 12.0 Å². The Morgan fingerprint density at radius 2 is 2.00 bits per heavy atom. The van der Waals surface area contributed by atoms with Crippen LogP contribution >= 0.6 is 0 Å². The Kier molecular flexibility index (Phi) is 5.58. The van der Waals surface area contributed by atoms with Crippen LogP contribution < -0.4 is 10.1 Å². The summed E-state index contributed by atoms with van der Waals surface area (Å²) in [6.07, 6.45) is 6.55. The number of hydrogen-bond acceptors (Lipinski definition) is 3. The normalized spacial score (nSPS) is 15.6. The van der Waals surface area contributed by atoms with E-state index in [9.17, 15) is 14.7 Å². The molecule has 0 saturated carbocycles. The van der Waals surface area contributed by atoms with Crippen molar-refractivity contribution >= 4 is 11.9 Å². The Balaban J connectivity index is 2.02. The van der Waals surface area contributed by atoms with Gasteiger partial charge >= 0.3 is 5.97 Å². The summed E-state index contributed by atoms with van der Waals surface area (Å²) in [5.74, 6) is -0.681. The minimum Gasteiger partial charge on any atom is -0.497 e. The molecule has 118 valence electrons. The number of carbonyl (C=O) groups excluding carboxylic acids is 1. The lowest BCUT2D eigenvalue weighted by atomic mass is 9.96. The van der Waals surface area contributed by atoms with Crippen molar-refractivity contribution in [2.75, 3.05) is 7.11 Å². The Hall–Kier alpha value is -2.30. The van der Waals surface area contributed by atoms with Gasteiger partial charge in [-0.1, -0.05) is 23.8 Å². The zero-order valence-electron chi connectivity index (χ0n) is 12.7. The largest absolute Gasteiger partial charge is 0.497 e. The number of carboxylic acids is 1. The van der Waals surface area contributed by atoms with Crippen LogP contribution in [0.15, 0.2) is 35.9 Å². The minimum atomic E-state index is -1.07. The molecule has 1 aromatic carbocycles. The lowest BCUT2D eigenvalue weighted by molar-refractivity contribution is -0.142. The van der Waals surface area contributed by atoms with Crippen LogP contribution in [0.5, 0.6) is 5.75 Å². The van der Waals surface area contributed by atoms with E-state index in [0.717, 1.165) is 31.3 Å². The van der Waals surface area contributed by atoms with E-state index in [1.54, 1.807) is 31.4 Å². The zero-order chi connectivity index (χ0) is 15.9. The summed E-state index contributed by atoms with van der Waals surface area (Å²) in [6, 6.07) is 5.63. The van der Waals surface area contributed by atoms with E-state index in [0.29, 0.717) is 11.3 Å². The van der Waals surface area contributed by atoms with Crippen LogP contribution in [0.3, 0.4) is 0 Å². The Labute approximate surface area is 130 Å². The maximum absolute atomic E-state index is 12.1. The molecule has 0 saturated heterocycles. The maximum atomic E-state index is 12.1. The minimum absolute atomic E-state index is 0.253. The van der Waals surface area contributed by atoms with E-state index in [1.807, 2.05) is 0 Å². The first-order valence-corrected chi connectivity index (χ1v) is 7.44. The van der Waals surface area contributed by atoms with Crippen molar-refractivity contribution in [1.82, 2.24) is 5.32 Å². The first-order valence-electron chi connectivity index (χ1n) is 7.44. The van der Waals surface area contributed by atoms with Gasteiger partial charge < -0.3 is 15.2 Å². The molecule has 0 spiro atoms. The van der Waals surface area contributed by atoms with Crippen LogP contribution in [0.4, 0.5) is 0 Å². The number of hydrogen-bond donors (Lipinski definition) is 2. The number of allylic oxidation sites excluding steroid dienone is 1. The van der Waals surface area contributed by atoms with Crippen molar-refractivity contribution in [3.63, 3.8) is 0 Å². The van der Waals surface area contributed by atoms with Crippen molar-refractivity contribution in [3.8, 4) is 5.75 Å².